The van der Waals surface area contributed by atoms with Crippen LogP contribution in [-0.2, 0) is 0 Å². The van der Waals surface area contributed by atoms with Gasteiger partial charge in [-0.1, -0.05) is 12.1 Å². The molecular formula is C8H17N2O+. The van der Waals surface area contributed by atoms with Crippen LogP contribution in [0.4, 0.5) is 0 Å². The molecule has 0 aromatic carbocycles. The molecule has 0 bridgehead atoms. The summed E-state index contributed by atoms with van der Waals surface area (Å²) in [7, 11) is 2.19. The Morgan fingerprint density at radius 3 is 2.73 bits per heavy atom. The summed E-state index contributed by atoms with van der Waals surface area (Å²) in [5.41, 5.74) is 0.961. The molecule has 3 atom stereocenters. The summed E-state index contributed by atoms with van der Waals surface area (Å²) in [5, 5.41) is 12.0. The summed E-state index contributed by atoms with van der Waals surface area (Å²) >= 11 is 0. The van der Waals surface area contributed by atoms with Gasteiger partial charge in [-0.15, -0.1) is 0 Å². The number of oxime groups is 1. The molecule has 0 aromatic rings. The molecule has 1 aliphatic heterocycles. The predicted octanol–water partition coefficient (Wildman–Crippen LogP) is -0.240. The van der Waals surface area contributed by atoms with E-state index in [-0.39, 0.29) is 0 Å². The molecule has 0 saturated carbocycles. The summed E-state index contributed by atoms with van der Waals surface area (Å²) in [6, 6.07) is 0.595. The highest BCUT2D eigenvalue weighted by molar-refractivity contribution is 5.86. The average Bonchev–Trinajstić information content (AvgIpc) is 1.97. The van der Waals surface area contributed by atoms with Crippen LogP contribution in [0.15, 0.2) is 5.16 Å². The molecule has 0 aromatic heterocycles. The van der Waals surface area contributed by atoms with Crippen LogP contribution in [0.2, 0.25) is 0 Å². The van der Waals surface area contributed by atoms with E-state index in [1.54, 1.807) is 0 Å². The highest BCUT2D eigenvalue weighted by Crippen LogP contribution is 2.06. The molecule has 0 aliphatic carbocycles. The fourth-order valence-corrected chi connectivity index (χ4v) is 1.63. The lowest BCUT2D eigenvalue weighted by atomic mass is 9.93. The van der Waals surface area contributed by atoms with Crippen molar-refractivity contribution in [3.05, 3.63) is 0 Å². The molecule has 0 amide bonds. The molecular weight excluding hydrogens is 140 g/mol. The molecule has 2 N–H and O–H groups in total. The third kappa shape index (κ3) is 1.71. The van der Waals surface area contributed by atoms with Gasteiger partial charge in [-0.25, -0.2) is 0 Å². The number of nitrogens with zero attached hydrogens (tertiary/aromatic N) is 1. The predicted molar refractivity (Wildman–Crippen MR) is 44.2 cm³/mol. The van der Waals surface area contributed by atoms with Crippen LogP contribution < -0.4 is 4.90 Å². The van der Waals surface area contributed by atoms with Crippen molar-refractivity contribution in [2.45, 2.75) is 26.3 Å². The maximum absolute atomic E-state index is 8.64. The molecule has 1 aliphatic rings. The summed E-state index contributed by atoms with van der Waals surface area (Å²) < 4.78 is 0. The van der Waals surface area contributed by atoms with E-state index in [1.165, 1.54) is 4.90 Å². The number of hydrogen-bond donors (Lipinski definition) is 2. The highest BCUT2D eigenvalue weighted by atomic mass is 16.4. The minimum atomic E-state index is 0.441. The summed E-state index contributed by atoms with van der Waals surface area (Å²) in [6.45, 7) is 5.39. The maximum atomic E-state index is 8.64. The lowest BCUT2D eigenvalue weighted by molar-refractivity contribution is -0.908. The Morgan fingerprint density at radius 1 is 1.55 bits per heavy atom. The zero-order valence-electron chi connectivity index (χ0n) is 7.46. The molecule has 64 valence electrons. The van der Waals surface area contributed by atoms with Crippen molar-refractivity contribution in [1.29, 1.82) is 0 Å². The van der Waals surface area contributed by atoms with Gasteiger partial charge in [-0.2, -0.15) is 0 Å². The normalized spacial score (nSPS) is 42.8. The van der Waals surface area contributed by atoms with E-state index in [0.717, 1.165) is 18.7 Å². The van der Waals surface area contributed by atoms with Gasteiger partial charge in [0.1, 0.15) is 0 Å². The van der Waals surface area contributed by atoms with E-state index in [9.17, 15) is 0 Å². The van der Waals surface area contributed by atoms with Gasteiger partial charge >= 0.3 is 0 Å². The van der Waals surface area contributed by atoms with Crippen molar-refractivity contribution >= 4 is 5.71 Å². The lowest BCUT2D eigenvalue weighted by Crippen LogP contribution is -3.14. The van der Waals surface area contributed by atoms with Gasteiger partial charge in [0.25, 0.3) is 0 Å². The Hall–Kier alpha value is -0.570. The minimum Gasteiger partial charge on any atom is -0.411 e. The molecule has 1 unspecified atom stereocenters. The zero-order chi connectivity index (χ0) is 8.43. The van der Waals surface area contributed by atoms with Gasteiger partial charge in [0.05, 0.1) is 25.3 Å². The molecule has 3 nitrogen and oxygen atoms in total. The van der Waals surface area contributed by atoms with Gasteiger partial charge < -0.3 is 10.1 Å². The van der Waals surface area contributed by atoms with Crippen LogP contribution in [0, 0.1) is 5.92 Å². The first-order valence-corrected chi connectivity index (χ1v) is 4.18. The first-order valence-electron chi connectivity index (χ1n) is 4.18. The summed E-state index contributed by atoms with van der Waals surface area (Å²) in [4.78, 5) is 1.53. The minimum absolute atomic E-state index is 0.441. The van der Waals surface area contributed by atoms with Crippen LogP contribution in [-0.4, -0.2) is 30.6 Å². The van der Waals surface area contributed by atoms with Crippen molar-refractivity contribution in [2.75, 3.05) is 13.6 Å². The van der Waals surface area contributed by atoms with Crippen LogP contribution in [0.1, 0.15) is 20.3 Å². The number of hydrogen-bond acceptors (Lipinski definition) is 2. The number of nitrogens with one attached hydrogen (secondary N) is 1. The molecule has 1 fully saturated rings. The Labute approximate surface area is 67.7 Å². The van der Waals surface area contributed by atoms with Crippen LogP contribution in [0.3, 0.4) is 0 Å². The van der Waals surface area contributed by atoms with E-state index in [4.69, 9.17) is 5.21 Å². The van der Waals surface area contributed by atoms with Gasteiger partial charge in [0.2, 0.25) is 0 Å². The second-order valence-electron chi connectivity index (χ2n) is 3.65. The van der Waals surface area contributed by atoms with Crippen molar-refractivity contribution in [3.63, 3.8) is 0 Å². The number of piperidine rings is 1. The largest absolute Gasteiger partial charge is 0.411 e. The second kappa shape index (κ2) is 3.22. The van der Waals surface area contributed by atoms with Crippen molar-refractivity contribution in [1.82, 2.24) is 0 Å². The summed E-state index contributed by atoms with van der Waals surface area (Å²) in [6.07, 6.45) is 0.934. The number of quaternary nitrogens is 1. The fourth-order valence-electron chi connectivity index (χ4n) is 1.63. The Kier molecular flexibility index (Phi) is 2.49. The molecule has 0 spiro atoms. The van der Waals surface area contributed by atoms with E-state index >= 15 is 0 Å². The lowest BCUT2D eigenvalue weighted by Gasteiger charge is -2.30. The number of rotatable bonds is 0. The molecule has 1 saturated heterocycles. The van der Waals surface area contributed by atoms with Crippen molar-refractivity contribution in [3.8, 4) is 0 Å². The van der Waals surface area contributed by atoms with E-state index < -0.39 is 0 Å². The first kappa shape index (κ1) is 8.53. The van der Waals surface area contributed by atoms with Crippen molar-refractivity contribution in [2.24, 2.45) is 11.1 Å². The maximum Gasteiger partial charge on any atom is 0.0898 e. The highest BCUT2D eigenvalue weighted by Gasteiger charge is 2.28. The third-order valence-corrected chi connectivity index (χ3v) is 2.68. The van der Waals surface area contributed by atoms with Gasteiger partial charge in [0, 0.05) is 12.3 Å². The van der Waals surface area contributed by atoms with Crippen LogP contribution in [0.25, 0.3) is 0 Å². The Morgan fingerprint density at radius 2 is 2.18 bits per heavy atom. The molecule has 3 heteroatoms. The zero-order valence-corrected chi connectivity index (χ0v) is 7.46. The standard InChI is InChI=1S/C8H16N2O/c1-6-5-10(3)7(2)4-8(6)9-11/h6-7,11H,4-5H2,1-3H3/p+1/b9-8-/t6-,7-/m1/s1. The average molecular weight is 157 g/mol. The van der Waals surface area contributed by atoms with E-state index in [0.29, 0.717) is 12.0 Å². The second-order valence-corrected chi connectivity index (χ2v) is 3.65. The molecule has 11 heavy (non-hydrogen) atoms. The Balaban J connectivity index is 2.62. The Bertz CT molecular complexity index is 167. The quantitative estimate of drug-likeness (QED) is 0.369. The smallest absolute Gasteiger partial charge is 0.0898 e. The molecule has 1 rings (SSSR count). The molecule has 0 radical (unpaired) electrons. The van der Waals surface area contributed by atoms with Crippen molar-refractivity contribution < 1.29 is 10.1 Å². The summed E-state index contributed by atoms with van der Waals surface area (Å²) in [5.74, 6) is 0.441. The van der Waals surface area contributed by atoms with Gasteiger partial charge in [-0.3, -0.25) is 0 Å². The van der Waals surface area contributed by atoms with Gasteiger partial charge in [0.15, 0.2) is 0 Å². The van der Waals surface area contributed by atoms with Crippen LogP contribution >= 0.6 is 0 Å². The van der Waals surface area contributed by atoms with E-state index in [1.807, 2.05) is 0 Å². The topological polar surface area (TPSA) is 37.0 Å². The number of likely N-dealkylation sites (tertiary alicyclic amines) is 1. The fraction of sp³-hybridized carbons (Fsp3) is 0.875. The third-order valence-electron chi connectivity index (χ3n) is 2.68. The first-order chi connectivity index (χ1) is 5.15. The van der Waals surface area contributed by atoms with E-state index in [2.05, 4.69) is 26.1 Å². The molecule has 1 heterocycles. The SMILES string of the molecule is C[C@@H]1C[NH+](C)[C@H](C)C/C1=N/O. The monoisotopic (exact) mass is 157 g/mol. The van der Waals surface area contributed by atoms with Crippen LogP contribution in [0.5, 0.6) is 0 Å². The van der Waals surface area contributed by atoms with Gasteiger partial charge in [-0.05, 0) is 6.92 Å².